The third kappa shape index (κ3) is 2.07. The summed E-state index contributed by atoms with van der Waals surface area (Å²) in [5.74, 6) is 0.587. The number of carbonyl (C=O) groups excluding carboxylic acids is 1. The molecule has 1 amide bonds. The molecule has 0 bridgehead atoms. The number of nitrogens with zero attached hydrogens (tertiary/aromatic N) is 4. The first-order valence-corrected chi connectivity index (χ1v) is 7.36. The summed E-state index contributed by atoms with van der Waals surface area (Å²) in [4.78, 5) is 18.7. The Hall–Kier alpha value is -2.63. The molecule has 3 heterocycles. The first kappa shape index (κ1) is 13.1. The Bertz CT molecular complexity index is 835. The van der Waals surface area contributed by atoms with E-state index in [9.17, 15) is 4.79 Å². The molecule has 1 aliphatic rings. The molecule has 2 aromatic heterocycles. The molecule has 0 N–H and O–H groups in total. The van der Waals surface area contributed by atoms with Crippen molar-refractivity contribution in [1.82, 2.24) is 19.6 Å². The SMILES string of the molecule is Cc1cc(C(=O)N2CC[C@@H](n3cnc4ccccc43)C2)no1. The number of hydrogen-bond acceptors (Lipinski definition) is 4. The number of benzene rings is 1. The van der Waals surface area contributed by atoms with E-state index >= 15 is 0 Å². The van der Waals surface area contributed by atoms with Crippen LogP contribution in [0, 0.1) is 6.92 Å². The van der Waals surface area contributed by atoms with E-state index in [0.29, 0.717) is 18.0 Å². The summed E-state index contributed by atoms with van der Waals surface area (Å²) >= 11 is 0. The maximum atomic E-state index is 12.4. The van der Waals surface area contributed by atoms with E-state index < -0.39 is 0 Å². The summed E-state index contributed by atoms with van der Waals surface area (Å²) in [6.45, 7) is 3.18. The van der Waals surface area contributed by atoms with Gasteiger partial charge in [0, 0.05) is 19.2 Å². The molecule has 1 aromatic carbocycles. The van der Waals surface area contributed by atoms with Crippen LogP contribution >= 0.6 is 0 Å². The van der Waals surface area contributed by atoms with Gasteiger partial charge in [-0.2, -0.15) is 0 Å². The van der Waals surface area contributed by atoms with E-state index in [-0.39, 0.29) is 11.9 Å². The Morgan fingerprint density at radius 3 is 3.05 bits per heavy atom. The summed E-state index contributed by atoms with van der Waals surface area (Å²) in [6.07, 6.45) is 2.78. The normalized spacial score (nSPS) is 18.2. The third-order valence-corrected chi connectivity index (χ3v) is 4.17. The predicted molar refractivity (Wildman–Crippen MR) is 80.5 cm³/mol. The topological polar surface area (TPSA) is 64.2 Å². The standard InChI is InChI=1S/C16H16N4O2/c1-11-8-14(18-22-11)16(21)19-7-6-12(9-19)20-10-17-13-4-2-3-5-15(13)20/h2-5,8,10,12H,6-7,9H2,1H3/t12-/m1/s1. The van der Waals surface area contributed by atoms with Gasteiger partial charge >= 0.3 is 0 Å². The fraction of sp³-hybridized carbons (Fsp3) is 0.312. The highest BCUT2D eigenvalue weighted by Gasteiger charge is 2.30. The molecule has 1 saturated heterocycles. The van der Waals surface area contributed by atoms with Crippen molar-refractivity contribution < 1.29 is 9.32 Å². The van der Waals surface area contributed by atoms with Crippen molar-refractivity contribution in [1.29, 1.82) is 0 Å². The fourth-order valence-electron chi connectivity index (χ4n) is 3.05. The number of hydrogen-bond donors (Lipinski definition) is 0. The lowest BCUT2D eigenvalue weighted by Gasteiger charge is -2.16. The van der Waals surface area contributed by atoms with Crippen molar-refractivity contribution in [2.24, 2.45) is 0 Å². The van der Waals surface area contributed by atoms with Crippen LogP contribution in [-0.2, 0) is 0 Å². The number of imidazole rings is 1. The highest BCUT2D eigenvalue weighted by atomic mass is 16.5. The molecule has 22 heavy (non-hydrogen) atoms. The minimum Gasteiger partial charge on any atom is -0.361 e. The molecule has 1 fully saturated rings. The lowest BCUT2D eigenvalue weighted by Crippen LogP contribution is -2.29. The highest BCUT2D eigenvalue weighted by Crippen LogP contribution is 2.26. The van der Waals surface area contributed by atoms with Crippen molar-refractivity contribution >= 4 is 16.9 Å². The van der Waals surface area contributed by atoms with Crippen LogP contribution in [0.15, 0.2) is 41.2 Å². The number of likely N-dealkylation sites (tertiary alicyclic amines) is 1. The fourth-order valence-corrected chi connectivity index (χ4v) is 3.05. The van der Waals surface area contributed by atoms with E-state index in [4.69, 9.17) is 4.52 Å². The zero-order valence-corrected chi connectivity index (χ0v) is 12.3. The number of aryl methyl sites for hydroxylation is 1. The zero-order chi connectivity index (χ0) is 15.1. The van der Waals surface area contributed by atoms with Crippen molar-refractivity contribution in [2.75, 3.05) is 13.1 Å². The molecule has 1 aliphatic heterocycles. The van der Waals surface area contributed by atoms with Crippen LogP contribution in [0.5, 0.6) is 0 Å². The molecular weight excluding hydrogens is 280 g/mol. The average Bonchev–Trinajstić information content (AvgIpc) is 3.24. The molecular formula is C16H16N4O2. The summed E-state index contributed by atoms with van der Waals surface area (Å²) in [5.41, 5.74) is 2.48. The van der Waals surface area contributed by atoms with Crippen molar-refractivity contribution in [3.8, 4) is 0 Å². The number of para-hydroxylation sites is 2. The first-order chi connectivity index (χ1) is 10.7. The summed E-state index contributed by atoms with van der Waals surface area (Å²) in [5, 5.41) is 3.81. The molecule has 112 valence electrons. The maximum Gasteiger partial charge on any atom is 0.276 e. The first-order valence-electron chi connectivity index (χ1n) is 7.36. The minimum absolute atomic E-state index is 0.0660. The van der Waals surface area contributed by atoms with E-state index in [0.717, 1.165) is 24.0 Å². The van der Waals surface area contributed by atoms with Crippen LogP contribution in [0.3, 0.4) is 0 Å². The third-order valence-electron chi connectivity index (χ3n) is 4.17. The number of amides is 1. The molecule has 1 atom stereocenters. The van der Waals surface area contributed by atoms with Gasteiger partial charge in [-0.05, 0) is 25.5 Å². The van der Waals surface area contributed by atoms with E-state index in [1.54, 1.807) is 13.0 Å². The maximum absolute atomic E-state index is 12.4. The number of aromatic nitrogens is 3. The quantitative estimate of drug-likeness (QED) is 0.728. The van der Waals surface area contributed by atoms with E-state index in [1.807, 2.05) is 29.4 Å². The number of fused-ring (bicyclic) bond motifs is 1. The van der Waals surface area contributed by atoms with Crippen LogP contribution in [0.4, 0.5) is 0 Å². The second-order valence-corrected chi connectivity index (χ2v) is 5.66. The molecule has 0 radical (unpaired) electrons. The van der Waals surface area contributed by atoms with Crippen LogP contribution in [0.2, 0.25) is 0 Å². The average molecular weight is 296 g/mol. The number of rotatable bonds is 2. The van der Waals surface area contributed by atoms with Gasteiger partial charge in [0.1, 0.15) is 5.76 Å². The van der Waals surface area contributed by atoms with Gasteiger partial charge in [-0.15, -0.1) is 0 Å². The lowest BCUT2D eigenvalue weighted by molar-refractivity contribution is 0.0777. The lowest BCUT2D eigenvalue weighted by atomic mass is 10.2. The molecule has 0 aliphatic carbocycles. The molecule has 3 aromatic rings. The van der Waals surface area contributed by atoms with E-state index in [1.165, 1.54) is 0 Å². The Balaban J connectivity index is 1.56. The molecule has 4 rings (SSSR count). The Kier molecular flexibility index (Phi) is 2.96. The van der Waals surface area contributed by atoms with Gasteiger partial charge < -0.3 is 14.0 Å². The molecule has 0 spiro atoms. The van der Waals surface area contributed by atoms with Crippen molar-refractivity contribution in [2.45, 2.75) is 19.4 Å². The second-order valence-electron chi connectivity index (χ2n) is 5.66. The largest absolute Gasteiger partial charge is 0.361 e. The molecule has 0 unspecified atom stereocenters. The second kappa shape index (κ2) is 4.98. The van der Waals surface area contributed by atoms with Gasteiger partial charge in [0.15, 0.2) is 5.69 Å². The van der Waals surface area contributed by atoms with Gasteiger partial charge in [0.2, 0.25) is 0 Å². The highest BCUT2D eigenvalue weighted by molar-refractivity contribution is 5.92. The van der Waals surface area contributed by atoms with Gasteiger partial charge in [-0.1, -0.05) is 17.3 Å². The van der Waals surface area contributed by atoms with Crippen molar-refractivity contribution in [3.05, 3.63) is 48.1 Å². The molecule has 0 saturated carbocycles. The summed E-state index contributed by atoms with van der Waals surface area (Å²) < 4.78 is 7.15. The zero-order valence-electron chi connectivity index (χ0n) is 12.3. The van der Waals surface area contributed by atoms with Gasteiger partial charge in [-0.25, -0.2) is 4.98 Å². The van der Waals surface area contributed by atoms with E-state index in [2.05, 4.69) is 20.8 Å². The summed E-state index contributed by atoms with van der Waals surface area (Å²) in [6, 6.07) is 10.00. The van der Waals surface area contributed by atoms with Gasteiger partial charge in [0.25, 0.3) is 5.91 Å². The summed E-state index contributed by atoms with van der Waals surface area (Å²) in [7, 11) is 0. The van der Waals surface area contributed by atoms with Crippen molar-refractivity contribution in [3.63, 3.8) is 0 Å². The number of carbonyl (C=O) groups is 1. The van der Waals surface area contributed by atoms with Gasteiger partial charge in [0.05, 0.1) is 23.4 Å². The van der Waals surface area contributed by atoms with Crippen LogP contribution in [0.25, 0.3) is 11.0 Å². The molecule has 6 heteroatoms. The van der Waals surface area contributed by atoms with Gasteiger partial charge in [-0.3, -0.25) is 4.79 Å². The molecule has 6 nitrogen and oxygen atoms in total. The van der Waals surface area contributed by atoms with Crippen LogP contribution in [0.1, 0.15) is 28.7 Å². The Morgan fingerprint density at radius 2 is 2.23 bits per heavy atom. The minimum atomic E-state index is -0.0660. The monoisotopic (exact) mass is 296 g/mol. The Morgan fingerprint density at radius 1 is 1.36 bits per heavy atom. The smallest absolute Gasteiger partial charge is 0.276 e. The Labute approximate surface area is 127 Å². The van der Waals surface area contributed by atoms with Crippen LogP contribution in [-0.4, -0.2) is 38.6 Å². The predicted octanol–water partition coefficient (Wildman–Crippen LogP) is 2.42. The van der Waals surface area contributed by atoms with Crippen LogP contribution < -0.4 is 0 Å².